The van der Waals surface area contributed by atoms with E-state index in [1.165, 1.54) is 49.4 Å². The molecule has 3 aromatic carbocycles. The maximum atomic E-state index is 13.4. The van der Waals surface area contributed by atoms with Crippen LogP contribution >= 0.6 is 0 Å². The van der Waals surface area contributed by atoms with Crippen LogP contribution in [0.25, 0.3) is 0 Å². The number of sulfonamides is 1. The highest BCUT2D eigenvalue weighted by molar-refractivity contribution is 7.93. The van der Waals surface area contributed by atoms with Gasteiger partial charge >= 0.3 is 0 Å². The van der Waals surface area contributed by atoms with Crippen molar-refractivity contribution in [2.45, 2.75) is 18.7 Å². The lowest BCUT2D eigenvalue weighted by Crippen LogP contribution is -2.37. The Morgan fingerprint density at radius 2 is 1.52 bits per heavy atom. The number of nitro groups is 1. The fraction of sp³-hybridized carbons (Fsp3) is 0.0952. The molecule has 7 nitrogen and oxygen atoms in total. The van der Waals surface area contributed by atoms with E-state index >= 15 is 0 Å². The van der Waals surface area contributed by atoms with Crippen LogP contribution in [-0.2, 0) is 10.0 Å². The standard InChI is InChI=1S/C21H18N2O5S/c1-15-11-13-18(14-12-15)29(27,28)22(17-7-4-3-5-8-17)21(24)19-9-6-10-20(16(19)2)23(25)26/h3-14H,1-2H3. The summed E-state index contributed by atoms with van der Waals surface area (Å²) in [4.78, 5) is 23.9. The molecule has 0 N–H and O–H groups in total. The number of nitro benzene ring substituents is 1. The van der Waals surface area contributed by atoms with E-state index in [1.807, 2.05) is 6.92 Å². The number of hydrogen-bond acceptors (Lipinski definition) is 5. The first-order chi connectivity index (χ1) is 13.7. The predicted molar refractivity (Wildman–Crippen MR) is 109 cm³/mol. The number of para-hydroxylation sites is 1. The predicted octanol–water partition coefficient (Wildman–Crippen LogP) is 4.25. The molecule has 0 aliphatic heterocycles. The molecule has 0 fully saturated rings. The molecule has 0 saturated heterocycles. The Labute approximate surface area is 168 Å². The zero-order chi connectivity index (χ0) is 21.2. The molecule has 0 atom stereocenters. The fourth-order valence-corrected chi connectivity index (χ4v) is 4.31. The Kier molecular flexibility index (Phi) is 5.47. The van der Waals surface area contributed by atoms with Crippen LogP contribution in [0.15, 0.2) is 77.7 Å². The zero-order valence-electron chi connectivity index (χ0n) is 15.8. The topological polar surface area (TPSA) is 97.6 Å². The van der Waals surface area contributed by atoms with Crippen LogP contribution in [0.5, 0.6) is 0 Å². The fourth-order valence-electron chi connectivity index (χ4n) is 2.91. The molecule has 8 heteroatoms. The van der Waals surface area contributed by atoms with E-state index in [-0.39, 0.29) is 27.4 Å². The molecule has 0 aliphatic carbocycles. The highest BCUT2D eigenvalue weighted by Crippen LogP contribution is 2.29. The number of amides is 1. The third-order valence-corrected chi connectivity index (χ3v) is 6.19. The van der Waals surface area contributed by atoms with Crippen molar-refractivity contribution < 1.29 is 18.1 Å². The van der Waals surface area contributed by atoms with Crippen molar-refractivity contribution in [3.8, 4) is 0 Å². The van der Waals surface area contributed by atoms with Crippen molar-refractivity contribution in [1.82, 2.24) is 0 Å². The minimum Gasteiger partial charge on any atom is -0.268 e. The average Bonchev–Trinajstić information content (AvgIpc) is 2.69. The minimum absolute atomic E-state index is 0.0524. The maximum absolute atomic E-state index is 13.4. The maximum Gasteiger partial charge on any atom is 0.273 e. The first-order valence-electron chi connectivity index (χ1n) is 8.69. The Morgan fingerprint density at radius 3 is 2.10 bits per heavy atom. The van der Waals surface area contributed by atoms with Gasteiger partial charge in [0.25, 0.3) is 21.6 Å². The highest BCUT2D eigenvalue weighted by atomic mass is 32.2. The molecule has 0 spiro atoms. The number of benzene rings is 3. The molecular formula is C21H18N2O5S. The third kappa shape index (κ3) is 3.88. The normalized spacial score (nSPS) is 11.1. The highest BCUT2D eigenvalue weighted by Gasteiger charge is 2.33. The number of rotatable bonds is 5. The van der Waals surface area contributed by atoms with Crippen molar-refractivity contribution >= 4 is 27.3 Å². The average molecular weight is 410 g/mol. The molecule has 3 rings (SSSR count). The summed E-state index contributed by atoms with van der Waals surface area (Å²) in [5, 5.41) is 11.2. The number of carbonyl (C=O) groups excluding carboxylic acids is 1. The van der Waals surface area contributed by atoms with Crippen molar-refractivity contribution in [2.75, 3.05) is 4.31 Å². The summed E-state index contributed by atoms with van der Waals surface area (Å²) in [6.45, 7) is 3.25. The Morgan fingerprint density at radius 1 is 0.897 bits per heavy atom. The smallest absolute Gasteiger partial charge is 0.268 e. The summed E-state index contributed by atoms with van der Waals surface area (Å²) in [7, 11) is -4.25. The van der Waals surface area contributed by atoms with Gasteiger partial charge < -0.3 is 0 Å². The second-order valence-corrected chi connectivity index (χ2v) is 8.22. The third-order valence-electron chi connectivity index (χ3n) is 4.47. The van der Waals surface area contributed by atoms with Gasteiger partial charge in [-0.25, -0.2) is 8.42 Å². The number of aryl methyl sites for hydroxylation is 1. The lowest BCUT2D eigenvalue weighted by atomic mass is 10.1. The molecule has 3 aromatic rings. The van der Waals surface area contributed by atoms with Gasteiger partial charge in [0.2, 0.25) is 0 Å². The van der Waals surface area contributed by atoms with Crippen LogP contribution in [0.4, 0.5) is 11.4 Å². The van der Waals surface area contributed by atoms with E-state index in [9.17, 15) is 23.3 Å². The summed E-state index contributed by atoms with van der Waals surface area (Å²) in [6, 6.07) is 18.1. The van der Waals surface area contributed by atoms with Crippen molar-refractivity contribution in [1.29, 1.82) is 0 Å². The largest absolute Gasteiger partial charge is 0.273 e. The number of carbonyl (C=O) groups is 1. The van der Waals surface area contributed by atoms with Crippen LogP contribution in [0.3, 0.4) is 0 Å². The van der Waals surface area contributed by atoms with Crippen LogP contribution < -0.4 is 4.31 Å². The van der Waals surface area contributed by atoms with Gasteiger partial charge in [-0.05, 0) is 44.2 Å². The molecule has 0 aliphatic rings. The van der Waals surface area contributed by atoms with Gasteiger partial charge in [0.1, 0.15) is 0 Å². The van der Waals surface area contributed by atoms with Crippen molar-refractivity contribution in [2.24, 2.45) is 0 Å². The molecule has 1 amide bonds. The molecule has 148 valence electrons. The number of nitrogens with zero attached hydrogens (tertiary/aromatic N) is 2. The van der Waals surface area contributed by atoms with E-state index in [2.05, 4.69) is 0 Å². The van der Waals surface area contributed by atoms with Crippen LogP contribution in [-0.4, -0.2) is 19.2 Å². The zero-order valence-corrected chi connectivity index (χ0v) is 16.6. The van der Waals surface area contributed by atoms with Gasteiger partial charge in [0.05, 0.1) is 21.1 Å². The van der Waals surface area contributed by atoms with Gasteiger partial charge in [-0.2, -0.15) is 4.31 Å². The quantitative estimate of drug-likeness (QED) is 0.463. The van der Waals surface area contributed by atoms with Crippen LogP contribution in [0.2, 0.25) is 0 Å². The molecule has 29 heavy (non-hydrogen) atoms. The van der Waals surface area contributed by atoms with E-state index in [0.29, 0.717) is 4.31 Å². The lowest BCUT2D eigenvalue weighted by Gasteiger charge is -2.23. The van der Waals surface area contributed by atoms with Crippen molar-refractivity contribution in [3.63, 3.8) is 0 Å². The molecular weight excluding hydrogens is 392 g/mol. The molecule has 0 aromatic heterocycles. The van der Waals surface area contributed by atoms with Gasteiger partial charge in [-0.3, -0.25) is 14.9 Å². The number of hydrogen-bond donors (Lipinski definition) is 0. The number of anilines is 1. The second kappa shape index (κ2) is 7.84. The van der Waals surface area contributed by atoms with Gasteiger partial charge in [-0.15, -0.1) is 0 Å². The van der Waals surface area contributed by atoms with E-state index in [1.54, 1.807) is 30.3 Å². The minimum atomic E-state index is -4.25. The molecule has 0 radical (unpaired) electrons. The van der Waals surface area contributed by atoms with E-state index < -0.39 is 20.9 Å². The Bertz CT molecular complexity index is 1170. The monoisotopic (exact) mass is 410 g/mol. The summed E-state index contributed by atoms with van der Waals surface area (Å²) in [5.74, 6) is -0.863. The lowest BCUT2D eigenvalue weighted by molar-refractivity contribution is -0.385. The van der Waals surface area contributed by atoms with Crippen molar-refractivity contribution in [3.05, 3.63) is 99.6 Å². The summed E-state index contributed by atoms with van der Waals surface area (Å²) < 4.78 is 27.4. The van der Waals surface area contributed by atoms with Crippen LogP contribution in [0, 0.1) is 24.0 Å². The molecule has 0 bridgehead atoms. The molecule has 0 heterocycles. The van der Waals surface area contributed by atoms with Gasteiger partial charge in [-0.1, -0.05) is 42.0 Å². The SMILES string of the molecule is Cc1ccc(S(=O)(=O)N(C(=O)c2cccc([N+](=O)[O-])c2C)c2ccccc2)cc1. The van der Waals surface area contributed by atoms with E-state index in [4.69, 9.17) is 0 Å². The Hall–Kier alpha value is -3.52. The summed E-state index contributed by atoms with van der Waals surface area (Å²) >= 11 is 0. The first-order valence-corrected chi connectivity index (χ1v) is 10.1. The van der Waals surface area contributed by atoms with Crippen LogP contribution in [0.1, 0.15) is 21.5 Å². The van der Waals surface area contributed by atoms with Gasteiger partial charge in [0, 0.05) is 11.6 Å². The molecule has 0 unspecified atom stereocenters. The summed E-state index contributed by atoms with van der Waals surface area (Å²) in [6.07, 6.45) is 0. The van der Waals surface area contributed by atoms with Gasteiger partial charge in [0.15, 0.2) is 0 Å². The molecule has 0 saturated carbocycles. The van der Waals surface area contributed by atoms with E-state index in [0.717, 1.165) is 5.56 Å². The first kappa shape index (κ1) is 20.2. The Balaban J connectivity index is 2.20. The second-order valence-electron chi connectivity index (χ2n) is 6.43. The summed E-state index contributed by atoms with van der Waals surface area (Å²) in [5.41, 5.74) is 0.804.